The largest absolute Gasteiger partial charge is 0.415 e. The molecular formula is C19H13F4N7O2. The highest BCUT2D eigenvalue weighted by atomic mass is 19.3. The lowest BCUT2D eigenvalue weighted by Crippen LogP contribution is -2.20. The van der Waals surface area contributed by atoms with E-state index in [1.807, 2.05) is 5.32 Å². The van der Waals surface area contributed by atoms with E-state index in [2.05, 4.69) is 25.1 Å². The summed E-state index contributed by atoms with van der Waals surface area (Å²) in [6.45, 7) is 0.370. The molecule has 1 N–H and O–H groups in total. The van der Waals surface area contributed by atoms with Crippen molar-refractivity contribution in [1.82, 2.24) is 29.7 Å². The van der Waals surface area contributed by atoms with Gasteiger partial charge in [-0.2, -0.15) is 17.6 Å². The zero-order valence-electron chi connectivity index (χ0n) is 16.0. The molecule has 4 rings (SSSR count). The molecule has 0 aliphatic rings. The summed E-state index contributed by atoms with van der Waals surface area (Å²) in [5.74, 6) is -2.23. The molecule has 0 atom stereocenters. The topological polar surface area (TPSA) is 112 Å². The number of aromatic nitrogens is 6. The van der Waals surface area contributed by atoms with E-state index in [4.69, 9.17) is 4.42 Å². The van der Waals surface area contributed by atoms with Gasteiger partial charge in [0.25, 0.3) is 11.8 Å². The number of imidazole rings is 1. The van der Waals surface area contributed by atoms with E-state index in [0.29, 0.717) is 29.1 Å². The SMILES string of the molecule is O=C(Nc1ccc(-c2cn(Cc3ccc(-c4nnc(C(F)F)o4)cn3)cn2)cn1)C(F)F. The zero-order valence-corrected chi connectivity index (χ0v) is 16.0. The number of amides is 1. The van der Waals surface area contributed by atoms with Crippen molar-refractivity contribution < 1.29 is 26.8 Å². The first-order chi connectivity index (χ1) is 15.4. The number of hydrogen-bond donors (Lipinski definition) is 1. The van der Waals surface area contributed by atoms with E-state index in [-0.39, 0.29) is 11.7 Å². The van der Waals surface area contributed by atoms with Crippen LogP contribution in [0.1, 0.15) is 18.0 Å². The first kappa shape index (κ1) is 21.1. The Morgan fingerprint density at radius 1 is 1.00 bits per heavy atom. The second-order valence-electron chi connectivity index (χ2n) is 6.44. The van der Waals surface area contributed by atoms with Gasteiger partial charge in [-0.05, 0) is 24.3 Å². The van der Waals surface area contributed by atoms with Gasteiger partial charge in [-0.1, -0.05) is 0 Å². The van der Waals surface area contributed by atoms with Crippen molar-refractivity contribution in [2.45, 2.75) is 19.4 Å². The Kier molecular flexibility index (Phi) is 5.87. The highest BCUT2D eigenvalue weighted by Gasteiger charge is 2.17. The standard InChI is InChI=1S/C19H13F4N7O2/c20-15(21)17(31)27-14-4-2-10(5-25-14)13-8-30(9-26-13)7-12-3-1-11(6-24-12)18-28-29-19(32-18)16(22)23/h1-6,8-9,15-16H,7H2,(H,25,27,31). The van der Waals surface area contributed by atoms with Gasteiger partial charge in [0.05, 0.1) is 29.8 Å². The maximum absolute atomic E-state index is 12.6. The molecule has 0 saturated carbocycles. The second kappa shape index (κ2) is 8.91. The third-order valence-electron chi connectivity index (χ3n) is 4.19. The molecule has 13 heteroatoms. The van der Waals surface area contributed by atoms with Crippen LogP contribution in [0.4, 0.5) is 23.4 Å². The molecule has 0 fully saturated rings. The Morgan fingerprint density at radius 3 is 2.41 bits per heavy atom. The molecule has 0 bridgehead atoms. The monoisotopic (exact) mass is 447 g/mol. The maximum Gasteiger partial charge on any atom is 0.315 e. The van der Waals surface area contributed by atoms with Crippen molar-refractivity contribution in [2.24, 2.45) is 0 Å². The second-order valence-corrected chi connectivity index (χ2v) is 6.44. The minimum absolute atomic E-state index is 0.00434. The molecule has 4 aromatic rings. The number of alkyl halides is 4. The highest BCUT2D eigenvalue weighted by molar-refractivity contribution is 5.92. The van der Waals surface area contributed by atoms with Gasteiger partial charge in [0.2, 0.25) is 5.89 Å². The average molecular weight is 447 g/mol. The summed E-state index contributed by atoms with van der Waals surface area (Å²) in [6.07, 6.45) is 0.172. The molecule has 1 amide bonds. The summed E-state index contributed by atoms with van der Waals surface area (Å²) in [5.41, 5.74) is 2.26. The molecule has 0 aliphatic carbocycles. The number of carbonyl (C=O) groups excluding carboxylic acids is 1. The molecule has 0 saturated heterocycles. The summed E-state index contributed by atoms with van der Waals surface area (Å²) < 4.78 is 56.3. The van der Waals surface area contributed by atoms with Gasteiger partial charge < -0.3 is 14.3 Å². The maximum atomic E-state index is 12.6. The number of rotatable bonds is 7. The lowest BCUT2D eigenvalue weighted by Gasteiger charge is -2.04. The molecule has 0 spiro atoms. The smallest absolute Gasteiger partial charge is 0.315 e. The number of hydrogen-bond acceptors (Lipinski definition) is 7. The predicted octanol–water partition coefficient (Wildman–Crippen LogP) is 3.58. The fourth-order valence-corrected chi connectivity index (χ4v) is 2.67. The Bertz CT molecular complexity index is 1210. The first-order valence-electron chi connectivity index (χ1n) is 9.03. The van der Waals surface area contributed by atoms with Crippen LogP contribution in [0.3, 0.4) is 0 Å². The average Bonchev–Trinajstić information content (AvgIpc) is 3.45. The van der Waals surface area contributed by atoms with Crippen molar-refractivity contribution in [3.63, 3.8) is 0 Å². The Morgan fingerprint density at radius 2 is 1.78 bits per heavy atom. The Hall–Kier alpha value is -4.16. The number of nitrogens with zero attached hydrogens (tertiary/aromatic N) is 6. The van der Waals surface area contributed by atoms with Gasteiger partial charge in [-0.25, -0.2) is 9.97 Å². The van der Waals surface area contributed by atoms with Crippen LogP contribution in [-0.2, 0) is 11.3 Å². The van der Waals surface area contributed by atoms with Gasteiger partial charge in [0.1, 0.15) is 5.82 Å². The lowest BCUT2D eigenvalue weighted by molar-refractivity contribution is -0.126. The van der Waals surface area contributed by atoms with Crippen LogP contribution in [0, 0.1) is 0 Å². The summed E-state index contributed by atoms with van der Waals surface area (Å²) in [4.78, 5) is 23.5. The van der Waals surface area contributed by atoms with Gasteiger partial charge in [-0.15, -0.1) is 10.2 Å². The molecule has 0 unspecified atom stereocenters. The minimum atomic E-state index is -3.13. The first-order valence-corrected chi connectivity index (χ1v) is 9.03. The molecular weight excluding hydrogens is 434 g/mol. The number of anilines is 1. The van der Waals surface area contributed by atoms with Crippen molar-refractivity contribution >= 4 is 11.7 Å². The molecule has 164 valence electrons. The van der Waals surface area contributed by atoms with Crippen LogP contribution in [0.2, 0.25) is 0 Å². The molecule has 9 nitrogen and oxygen atoms in total. The third kappa shape index (κ3) is 4.77. The van der Waals surface area contributed by atoms with E-state index in [1.54, 1.807) is 35.3 Å². The highest BCUT2D eigenvalue weighted by Crippen LogP contribution is 2.23. The summed E-state index contributed by atoms with van der Waals surface area (Å²) in [7, 11) is 0. The quantitative estimate of drug-likeness (QED) is 0.431. The molecule has 4 heterocycles. The van der Waals surface area contributed by atoms with E-state index < -0.39 is 24.6 Å². The number of carbonyl (C=O) groups is 1. The minimum Gasteiger partial charge on any atom is -0.415 e. The lowest BCUT2D eigenvalue weighted by atomic mass is 10.2. The fraction of sp³-hybridized carbons (Fsp3) is 0.158. The Balaban J connectivity index is 1.41. The molecule has 0 aliphatic heterocycles. The van der Waals surface area contributed by atoms with Crippen LogP contribution < -0.4 is 5.32 Å². The number of pyridine rings is 2. The predicted molar refractivity (Wildman–Crippen MR) is 102 cm³/mol. The van der Waals surface area contributed by atoms with Gasteiger partial charge >= 0.3 is 12.9 Å². The van der Waals surface area contributed by atoms with Crippen LogP contribution >= 0.6 is 0 Å². The summed E-state index contributed by atoms with van der Waals surface area (Å²) in [5, 5.41) is 8.84. The summed E-state index contributed by atoms with van der Waals surface area (Å²) in [6, 6.07) is 6.29. The van der Waals surface area contributed by atoms with Crippen LogP contribution in [0.25, 0.3) is 22.7 Å². The third-order valence-corrected chi connectivity index (χ3v) is 4.19. The normalized spacial score (nSPS) is 11.3. The van der Waals surface area contributed by atoms with Crippen molar-refractivity contribution in [3.8, 4) is 22.7 Å². The molecule has 32 heavy (non-hydrogen) atoms. The van der Waals surface area contributed by atoms with Crippen molar-refractivity contribution in [3.05, 3.63) is 60.8 Å². The fourth-order valence-electron chi connectivity index (χ4n) is 2.67. The van der Waals surface area contributed by atoms with E-state index in [0.717, 1.165) is 0 Å². The van der Waals surface area contributed by atoms with Gasteiger partial charge in [0, 0.05) is 24.2 Å². The van der Waals surface area contributed by atoms with Crippen molar-refractivity contribution in [1.29, 1.82) is 0 Å². The molecule has 4 aromatic heterocycles. The van der Waals surface area contributed by atoms with E-state index >= 15 is 0 Å². The molecule has 0 radical (unpaired) electrons. The van der Waals surface area contributed by atoms with Crippen molar-refractivity contribution in [2.75, 3.05) is 5.32 Å². The number of nitrogens with one attached hydrogen (secondary N) is 1. The summed E-state index contributed by atoms with van der Waals surface area (Å²) >= 11 is 0. The van der Waals surface area contributed by atoms with Crippen LogP contribution in [0.5, 0.6) is 0 Å². The van der Waals surface area contributed by atoms with E-state index in [9.17, 15) is 22.4 Å². The van der Waals surface area contributed by atoms with Crippen LogP contribution in [0.15, 0.2) is 53.6 Å². The van der Waals surface area contributed by atoms with Gasteiger partial charge in [-0.3, -0.25) is 9.78 Å². The molecule has 0 aromatic carbocycles. The van der Waals surface area contributed by atoms with Gasteiger partial charge in [0.15, 0.2) is 0 Å². The van der Waals surface area contributed by atoms with E-state index in [1.165, 1.54) is 18.5 Å². The van der Waals surface area contributed by atoms with Crippen LogP contribution in [-0.4, -0.2) is 42.0 Å². The Labute approximate surface area is 177 Å². The zero-order chi connectivity index (χ0) is 22.7. The number of halogens is 4.